The van der Waals surface area contributed by atoms with E-state index >= 15 is 0 Å². The van der Waals surface area contributed by atoms with Gasteiger partial charge in [0, 0.05) is 0 Å². The van der Waals surface area contributed by atoms with Crippen molar-refractivity contribution >= 4 is 11.9 Å². The summed E-state index contributed by atoms with van der Waals surface area (Å²) in [7, 11) is 0. The van der Waals surface area contributed by atoms with Gasteiger partial charge in [0.15, 0.2) is 0 Å². The number of benzene rings is 1. The fourth-order valence-corrected chi connectivity index (χ4v) is 0.795. The Balaban J connectivity index is 2.97. The van der Waals surface area contributed by atoms with E-state index in [1.807, 2.05) is 13.0 Å². The second kappa shape index (κ2) is 3.23. The number of aliphatic imine (C=N–C) groups is 1. The van der Waals surface area contributed by atoms with Crippen molar-refractivity contribution in [1.82, 2.24) is 0 Å². The van der Waals surface area contributed by atoms with E-state index in [1.54, 1.807) is 12.1 Å². The molecule has 0 saturated heterocycles. The van der Waals surface area contributed by atoms with Crippen LogP contribution in [-0.4, -0.2) is 6.22 Å². The molecule has 0 fully saturated rings. The Morgan fingerprint density at radius 2 is 2.09 bits per heavy atom. The molecule has 0 bridgehead atoms. The molecule has 1 aromatic carbocycles. The molecule has 0 aromatic heterocycles. The topological polar surface area (TPSA) is 12.4 Å². The Bertz CT molecular complexity index is 277. The highest BCUT2D eigenvalue weighted by Crippen LogP contribution is 2.13. The van der Waals surface area contributed by atoms with Crippen molar-refractivity contribution in [2.45, 2.75) is 6.92 Å². The summed E-state index contributed by atoms with van der Waals surface area (Å²) in [6.45, 7) is 1.83. The Morgan fingerprint density at radius 3 is 2.64 bits per heavy atom. The van der Waals surface area contributed by atoms with Gasteiger partial charge >= 0.3 is 6.22 Å². The highest BCUT2D eigenvalue weighted by Gasteiger charge is 1.92. The maximum Gasteiger partial charge on any atom is 0.365 e. The Morgan fingerprint density at radius 1 is 1.36 bits per heavy atom. The van der Waals surface area contributed by atoms with Crippen LogP contribution in [0.1, 0.15) is 5.56 Å². The highest BCUT2D eigenvalue weighted by molar-refractivity contribution is 5.68. The Kier molecular flexibility index (Phi) is 2.31. The van der Waals surface area contributed by atoms with Crippen LogP contribution in [0.3, 0.4) is 0 Å². The third-order valence-electron chi connectivity index (χ3n) is 1.22. The normalized spacial score (nSPS) is 9.36. The maximum atomic E-state index is 11.6. The van der Waals surface area contributed by atoms with Crippen molar-refractivity contribution in [3.63, 3.8) is 0 Å². The van der Waals surface area contributed by atoms with Gasteiger partial charge in [0.05, 0.1) is 5.69 Å². The van der Waals surface area contributed by atoms with Gasteiger partial charge < -0.3 is 0 Å². The van der Waals surface area contributed by atoms with Gasteiger partial charge in [-0.2, -0.15) is 13.8 Å². The minimum Gasteiger partial charge on any atom is -0.194 e. The van der Waals surface area contributed by atoms with E-state index in [9.17, 15) is 8.78 Å². The second-order valence-electron chi connectivity index (χ2n) is 2.19. The second-order valence-corrected chi connectivity index (χ2v) is 2.19. The number of rotatable bonds is 1. The molecule has 0 atom stereocenters. The van der Waals surface area contributed by atoms with E-state index in [-0.39, 0.29) is 0 Å². The van der Waals surface area contributed by atoms with Crippen LogP contribution in [0.15, 0.2) is 29.3 Å². The van der Waals surface area contributed by atoms with Gasteiger partial charge in [0.1, 0.15) is 0 Å². The summed E-state index contributed by atoms with van der Waals surface area (Å²) in [6, 6.07) is 6.65. The quantitative estimate of drug-likeness (QED) is 0.553. The third kappa shape index (κ3) is 2.45. The fourth-order valence-electron chi connectivity index (χ4n) is 0.795. The standard InChI is InChI=1S/C8H7F2N/c1-6-3-2-4-7(5-6)11-8(9)10/h2-5H,1H3. The summed E-state index contributed by atoms with van der Waals surface area (Å²) in [6.07, 6.45) is -1.91. The van der Waals surface area contributed by atoms with Gasteiger partial charge in [-0.25, -0.2) is 0 Å². The number of hydrogen-bond donors (Lipinski definition) is 0. The van der Waals surface area contributed by atoms with Crippen LogP contribution < -0.4 is 0 Å². The number of nitrogens with zero attached hydrogens (tertiary/aromatic N) is 1. The first-order chi connectivity index (χ1) is 5.18. The lowest BCUT2D eigenvalue weighted by atomic mass is 10.2. The van der Waals surface area contributed by atoms with Crippen LogP contribution in [0, 0.1) is 6.92 Å². The molecule has 11 heavy (non-hydrogen) atoms. The summed E-state index contributed by atoms with van der Waals surface area (Å²) < 4.78 is 23.2. The molecule has 1 nitrogen and oxygen atoms in total. The lowest BCUT2D eigenvalue weighted by Crippen LogP contribution is -1.74. The molecule has 1 aromatic rings. The molecule has 3 heteroatoms. The molecule has 58 valence electrons. The van der Waals surface area contributed by atoms with Gasteiger partial charge in [-0.15, -0.1) is 0 Å². The lowest BCUT2D eigenvalue weighted by Gasteiger charge is -1.92. The molecule has 1 rings (SSSR count). The summed E-state index contributed by atoms with van der Waals surface area (Å²) in [5.74, 6) is 0. The average molecular weight is 155 g/mol. The van der Waals surface area contributed by atoms with Gasteiger partial charge in [-0.05, 0) is 24.6 Å². The monoisotopic (exact) mass is 155 g/mol. The zero-order valence-corrected chi connectivity index (χ0v) is 6.01. The SMILES string of the molecule is Cc1cccc(N=C(F)F)c1. The van der Waals surface area contributed by atoms with E-state index in [1.165, 1.54) is 6.07 Å². The van der Waals surface area contributed by atoms with E-state index in [0.29, 0.717) is 5.69 Å². The zero-order valence-electron chi connectivity index (χ0n) is 6.01. The summed E-state index contributed by atoms with van der Waals surface area (Å²) in [5, 5.41) is 0. The molecular weight excluding hydrogens is 148 g/mol. The predicted octanol–water partition coefficient (Wildman–Crippen LogP) is 2.92. The van der Waals surface area contributed by atoms with Gasteiger partial charge in [0.2, 0.25) is 0 Å². The minimum atomic E-state index is -1.91. The van der Waals surface area contributed by atoms with Gasteiger partial charge in [-0.3, -0.25) is 0 Å². The largest absolute Gasteiger partial charge is 0.365 e. The molecule has 0 heterocycles. The summed E-state index contributed by atoms with van der Waals surface area (Å²) in [5.41, 5.74) is 1.22. The number of halogens is 2. The average Bonchev–Trinajstić information content (AvgIpc) is 1.85. The molecule has 0 aliphatic rings. The van der Waals surface area contributed by atoms with Crippen molar-refractivity contribution < 1.29 is 8.78 Å². The highest BCUT2D eigenvalue weighted by atomic mass is 19.3. The van der Waals surface area contributed by atoms with Crippen molar-refractivity contribution in [1.29, 1.82) is 0 Å². The molecule has 0 unspecified atom stereocenters. The van der Waals surface area contributed by atoms with Gasteiger partial charge in [-0.1, -0.05) is 12.1 Å². The van der Waals surface area contributed by atoms with Crippen molar-refractivity contribution in [3.8, 4) is 0 Å². The Labute approximate surface area is 63.4 Å². The maximum absolute atomic E-state index is 11.6. The first-order valence-electron chi connectivity index (χ1n) is 3.15. The molecule has 0 spiro atoms. The van der Waals surface area contributed by atoms with Crippen LogP contribution in [-0.2, 0) is 0 Å². The van der Waals surface area contributed by atoms with E-state index in [0.717, 1.165) is 5.56 Å². The van der Waals surface area contributed by atoms with Crippen LogP contribution in [0.2, 0.25) is 0 Å². The number of hydrogen-bond acceptors (Lipinski definition) is 1. The number of aryl methyl sites for hydroxylation is 1. The third-order valence-corrected chi connectivity index (χ3v) is 1.22. The smallest absolute Gasteiger partial charge is 0.194 e. The van der Waals surface area contributed by atoms with E-state index in [2.05, 4.69) is 4.99 Å². The van der Waals surface area contributed by atoms with Crippen molar-refractivity contribution in [3.05, 3.63) is 29.8 Å². The van der Waals surface area contributed by atoms with Crippen LogP contribution in [0.25, 0.3) is 0 Å². The summed E-state index contributed by atoms with van der Waals surface area (Å²) in [4.78, 5) is 3.00. The van der Waals surface area contributed by atoms with Crippen LogP contribution in [0.5, 0.6) is 0 Å². The zero-order chi connectivity index (χ0) is 8.27. The molecule has 0 saturated carbocycles. The molecule has 0 amide bonds. The van der Waals surface area contributed by atoms with E-state index < -0.39 is 6.22 Å². The first kappa shape index (κ1) is 7.85. The first-order valence-corrected chi connectivity index (χ1v) is 3.15. The Hall–Kier alpha value is -1.25. The molecule has 0 aliphatic heterocycles. The van der Waals surface area contributed by atoms with Gasteiger partial charge in [0.25, 0.3) is 0 Å². The minimum absolute atomic E-state index is 0.296. The predicted molar refractivity (Wildman–Crippen MR) is 40.5 cm³/mol. The van der Waals surface area contributed by atoms with Crippen molar-refractivity contribution in [2.75, 3.05) is 0 Å². The molecular formula is C8H7F2N. The lowest BCUT2D eigenvalue weighted by molar-refractivity contribution is 0.616. The van der Waals surface area contributed by atoms with E-state index in [4.69, 9.17) is 0 Å². The molecule has 0 N–H and O–H groups in total. The van der Waals surface area contributed by atoms with Crippen molar-refractivity contribution in [2.24, 2.45) is 4.99 Å². The molecule has 0 radical (unpaired) electrons. The summed E-state index contributed by atoms with van der Waals surface area (Å²) >= 11 is 0. The molecule has 0 aliphatic carbocycles. The van der Waals surface area contributed by atoms with Crippen LogP contribution in [0.4, 0.5) is 14.5 Å². The van der Waals surface area contributed by atoms with Crippen LogP contribution >= 0.6 is 0 Å². The fraction of sp³-hybridized carbons (Fsp3) is 0.125.